The number of aliphatic imine (C=N–C) groups is 1. The molecule has 1 fully saturated rings. The van der Waals surface area contributed by atoms with Crippen molar-refractivity contribution in [2.45, 2.75) is 19.3 Å². The molecule has 3 heterocycles. The number of hydrogen-bond donors (Lipinski definition) is 0. The Kier molecular flexibility index (Phi) is 8.14. The summed E-state index contributed by atoms with van der Waals surface area (Å²) >= 11 is 4.62. The predicted molar refractivity (Wildman–Crippen MR) is 134 cm³/mol. The number of carbonyl (C=O) groups excluding carboxylic acids is 2. The second-order valence-corrected chi connectivity index (χ2v) is 10.5. The molecule has 166 valence electrons. The second kappa shape index (κ2) is 11.4. The number of nitrogens with zero attached hydrogens (tertiary/aromatic N) is 3. The smallest absolute Gasteiger partial charge is 0.251 e. The predicted octanol–water partition coefficient (Wildman–Crippen LogP) is 4.76. The van der Waals surface area contributed by atoms with E-state index in [1.165, 1.54) is 27.5 Å². The maximum absolute atomic E-state index is 13.1. The Morgan fingerprint density at radius 2 is 1.38 bits per heavy atom. The molecule has 1 saturated heterocycles. The van der Waals surface area contributed by atoms with Crippen LogP contribution in [0, 0.1) is 5.92 Å². The van der Waals surface area contributed by atoms with Crippen LogP contribution in [0.15, 0.2) is 70.3 Å². The molecule has 0 saturated carbocycles. The molecule has 5 nitrogen and oxygen atoms in total. The fourth-order valence-corrected chi connectivity index (χ4v) is 5.76. The summed E-state index contributed by atoms with van der Waals surface area (Å²) in [6.45, 7) is 1.70. The normalized spacial score (nSPS) is 15.2. The molecule has 0 atom stereocenters. The van der Waals surface area contributed by atoms with Gasteiger partial charge in [-0.1, -0.05) is 42.5 Å². The Labute approximate surface area is 201 Å². The monoisotopic (exact) mass is 483 g/mol. The maximum Gasteiger partial charge on any atom is 0.251 e. The highest BCUT2D eigenvalue weighted by molar-refractivity contribution is 7.95. The summed E-state index contributed by atoms with van der Waals surface area (Å²) in [6, 6.07) is 18.3. The molecule has 0 unspecified atom stereocenters. The standard InChI is InChI=1S/C24H25N3O2S3/c28-23-22(18-25-13-10-19-6-2-1-3-7-19)24(29)27(15-12-21-9-5-17-31-21)32-26(23)14-11-20-8-4-16-30-20/h1-9,16-18,22H,10-15H2. The van der Waals surface area contributed by atoms with E-state index in [0.717, 1.165) is 19.3 Å². The van der Waals surface area contributed by atoms with Crippen molar-refractivity contribution in [3.8, 4) is 0 Å². The van der Waals surface area contributed by atoms with E-state index >= 15 is 0 Å². The SMILES string of the molecule is O=C1C(C=NCCc2ccccc2)C(=O)N(CCc2cccs2)SN1CCc1cccs1. The van der Waals surface area contributed by atoms with Crippen LogP contribution < -0.4 is 0 Å². The molecule has 8 heteroatoms. The first kappa shape index (κ1) is 22.8. The first-order chi connectivity index (χ1) is 15.7. The zero-order valence-electron chi connectivity index (χ0n) is 17.6. The summed E-state index contributed by atoms with van der Waals surface area (Å²) in [6.07, 6.45) is 3.90. The van der Waals surface area contributed by atoms with Crippen LogP contribution in [0.25, 0.3) is 0 Å². The Hall–Kier alpha value is -2.42. The largest absolute Gasteiger partial charge is 0.296 e. The van der Waals surface area contributed by atoms with Crippen LogP contribution in [0.1, 0.15) is 15.3 Å². The molecule has 2 amide bonds. The Morgan fingerprint density at radius 1 is 0.781 bits per heavy atom. The van der Waals surface area contributed by atoms with Gasteiger partial charge in [-0.3, -0.25) is 23.2 Å². The van der Waals surface area contributed by atoms with E-state index in [0.29, 0.717) is 19.6 Å². The molecule has 0 radical (unpaired) electrons. The van der Waals surface area contributed by atoms with Gasteiger partial charge in [0, 0.05) is 48.4 Å². The summed E-state index contributed by atoms with van der Waals surface area (Å²) in [5, 5.41) is 4.08. The first-order valence-electron chi connectivity index (χ1n) is 10.6. The highest BCUT2D eigenvalue weighted by Crippen LogP contribution is 2.29. The topological polar surface area (TPSA) is 53.0 Å². The van der Waals surface area contributed by atoms with Crippen molar-refractivity contribution in [2.75, 3.05) is 19.6 Å². The minimum Gasteiger partial charge on any atom is -0.296 e. The minimum atomic E-state index is -0.848. The van der Waals surface area contributed by atoms with Crippen molar-refractivity contribution in [1.82, 2.24) is 8.61 Å². The van der Waals surface area contributed by atoms with Gasteiger partial charge in [-0.05, 0) is 34.9 Å². The van der Waals surface area contributed by atoms with Gasteiger partial charge in [-0.15, -0.1) is 22.7 Å². The maximum atomic E-state index is 13.1. The molecule has 0 spiro atoms. The molecular weight excluding hydrogens is 458 g/mol. The zero-order valence-corrected chi connectivity index (χ0v) is 20.1. The molecule has 0 bridgehead atoms. The van der Waals surface area contributed by atoms with Gasteiger partial charge in [0.25, 0.3) is 11.8 Å². The summed E-state index contributed by atoms with van der Waals surface area (Å²) < 4.78 is 3.45. The van der Waals surface area contributed by atoms with E-state index in [1.807, 2.05) is 41.1 Å². The first-order valence-corrected chi connectivity index (χ1v) is 13.1. The lowest BCUT2D eigenvalue weighted by Gasteiger charge is -2.36. The van der Waals surface area contributed by atoms with E-state index in [-0.39, 0.29) is 11.8 Å². The lowest BCUT2D eigenvalue weighted by Crippen LogP contribution is -2.50. The number of rotatable bonds is 10. The molecule has 4 rings (SSSR count). The quantitative estimate of drug-likeness (QED) is 0.237. The third-order valence-corrected chi connectivity index (χ3v) is 8.12. The molecule has 32 heavy (non-hydrogen) atoms. The van der Waals surface area contributed by atoms with Crippen LogP contribution in [0.5, 0.6) is 0 Å². The molecule has 1 aliphatic heterocycles. The van der Waals surface area contributed by atoms with E-state index in [9.17, 15) is 9.59 Å². The van der Waals surface area contributed by atoms with Gasteiger partial charge in [0.05, 0.1) is 12.1 Å². The van der Waals surface area contributed by atoms with Gasteiger partial charge < -0.3 is 0 Å². The lowest BCUT2D eigenvalue weighted by atomic mass is 10.1. The summed E-state index contributed by atoms with van der Waals surface area (Å²) in [4.78, 5) is 33.1. The van der Waals surface area contributed by atoms with Gasteiger partial charge >= 0.3 is 0 Å². The van der Waals surface area contributed by atoms with Crippen LogP contribution in [0.4, 0.5) is 0 Å². The highest BCUT2D eigenvalue weighted by Gasteiger charge is 2.40. The molecular formula is C24H25N3O2S3. The number of amides is 2. The van der Waals surface area contributed by atoms with Crippen molar-refractivity contribution in [2.24, 2.45) is 10.9 Å². The average molecular weight is 484 g/mol. The Bertz CT molecular complexity index is 964. The molecule has 1 aliphatic rings. The van der Waals surface area contributed by atoms with E-state index in [2.05, 4.69) is 29.3 Å². The fourth-order valence-electron chi connectivity index (χ4n) is 3.40. The van der Waals surface area contributed by atoms with Gasteiger partial charge in [0.2, 0.25) is 0 Å². The molecule has 3 aromatic rings. The van der Waals surface area contributed by atoms with Gasteiger partial charge in [-0.2, -0.15) is 0 Å². The van der Waals surface area contributed by atoms with E-state index in [4.69, 9.17) is 0 Å². The van der Waals surface area contributed by atoms with Crippen LogP contribution in [-0.4, -0.2) is 46.3 Å². The van der Waals surface area contributed by atoms with Crippen molar-refractivity contribution < 1.29 is 9.59 Å². The molecule has 0 N–H and O–H groups in total. The third-order valence-electron chi connectivity index (χ3n) is 5.13. The van der Waals surface area contributed by atoms with Crippen LogP contribution in [0.2, 0.25) is 0 Å². The number of thiophene rings is 2. The third kappa shape index (κ3) is 6.09. The zero-order chi connectivity index (χ0) is 22.2. The summed E-state index contributed by atoms with van der Waals surface area (Å²) in [7, 11) is 0. The number of hydrogen-bond acceptors (Lipinski definition) is 6. The van der Waals surface area contributed by atoms with E-state index < -0.39 is 5.92 Å². The Balaban J connectivity index is 1.41. The second-order valence-electron chi connectivity index (χ2n) is 7.39. The van der Waals surface area contributed by atoms with Crippen molar-refractivity contribution in [3.63, 3.8) is 0 Å². The van der Waals surface area contributed by atoms with Crippen LogP contribution in [0.3, 0.4) is 0 Å². The molecule has 2 aromatic heterocycles. The minimum absolute atomic E-state index is 0.174. The number of carbonyl (C=O) groups is 2. The lowest BCUT2D eigenvalue weighted by molar-refractivity contribution is -0.140. The van der Waals surface area contributed by atoms with Gasteiger partial charge in [0.15, 0.2) is 5.92 Å². The summed E-state index contributed by atoms with van der Waals surface area (Å²) in [5.41, 5.74) is 1.19. The number of benzene rings is 1. The van der Waals surface area contributed by atoms with Gasteiger partial charge in [-0.25, -0.2) is 0 Å². The Morgan fingerprint density at radius 3 is 1.91 bits per heavy atom. The van der Waals surface area contributed by atoms with Crippen molar-refractivity contribution in [3.05, 3.63) is 80.7 Å². The van der Waals surface area contributed by atoms with Crippen LogP contribution >= 0.6 is 34.8 Å². The van der Waals surface area contributed by atoms with Crippen molar-refractivity contribution >= 4 is 52.8 Å². The average Bonchev–Trinajstić information content (AvgIpc) is 3.52. The van der Waals surface area contributed by atoms with E-state index in [1.54, 1.807) is 37.5 Å². The molecule has 1 aromatic carbocycles. The van der Waals surface area contributed by atoms with Gasteiger partial charge in [0.1, 0.15) is 0 Å². The van der Waals surface area contributed by atoms with Crippen LogP contribution in [-0.2, 0) is 28.9 Å². The summed E-state index contributed by atoms with van der Waals surface area (Å²) in [5.74, 6) is -1.20. The fraction of sp³-hybridized carbons (Fsp3) is 0.292. The van der Waals surface area contributed by atoms with Crippen molar-refractivity contribution in [1.29, 1.82) is 0 Å². The highest BCUT2D eigenvalue weighted by atomic mass is 32.2. The molecule has 0 aliphatic carbocycles.